The summed E-state index contributed by atoms with van der Waals surface area (Å²) in [6.07, 6.45) is 0. The Hall–Kier alpha value is -2.19. The van der Waals surface area contributed by atoms with E-state index in [1.165, 1.54) is 0 Å². The lowest BCUT2D eigenvalue weighted by molar-refractivity contribution is 0.122. The summed E-state index contributed by atoms with van der Waals surface area (Å²) in [5, 5.41) is 0. The normalized spacial score (nSPS) is 15.2. The zero-order valence-corrected chi connectivity index (χ0v) is 15.4. The van der Waals surface area contributed by atoms with Crippen LogP contribution in [0.25, 0.3) is 0 Å². The minimum Gasteiger partial charge on any atom is -0.378 e. The first-order valence-corrected chi connectivity index (χ1v) is 9.62. The van der Waals surface area contributed by atoms with Crippen LogP contribution in [0.2, 0.25) is 0 Å². The minimum atomic E-state index is -3.68. The molecule has 1 saturated heterocycles. The molecule has 0 saturated carbocycles. The zero-order chi connectivity index (χ0) is 18.0. The molecule has 134 valence electrons. The van der Waals surface area contributed by atoms with Crippen molar-refractivity contribution in [3.05, 3.63) is 41.2 Å². The molecule has 2 heterocycles. The summed E-state index contributed by atoms with van der Waals surface area (Å²) >= 11 is 0. The Morgan fingerprint density at radius 2 is 1.72 bits per heavy atom. The second-order valence-corrected chi connectivity index (χ2v) is 7.77. The number of nitrogens with one attached hydrogen (secondary N) is 1. The quantitative estimate of drug-likeness (QED) is 0.896. The van der Waals surface area contributed by atoms with E-state index in [9.17, 15) is 8.42 Å². The predicted molar refractivity (Wildman–Crippen MR) is 96.5 cm³/mol. The average Bonchev–Trinajstić information content (AvgIpc) is 2.59. The Labute approximate surface area is 148 Å². The number of rotatable bonds is 4. The number of morpholine rings is 1. The molecule has 0 atom stereocenters. The highest BCUT2D eigenvalue weighted by Crippen LogP contribution is 2.24. The van der Waals surface area contributed by atoms with Crippen LogP contribution in [0.3, 0.4) is 0 Å². The summed E-state index contributed by atoms with van der Waals surface area (Å²) in [6.45, 7) is 8.17. The summed E-state index contributed by atoms with van der Waals surface area (Å²) in [7, 11) is -3.68. The Kier molecular flexibility index (Phi) is 4.91. The first kappa shape index (κ1) is 17.6. The van der Waals surface area contributed by atoms with Crippen molar-refractivity contribution in [3.8, 4) is 0 Å². The van der Waals surface area contributed by atoms with E-state index in [2.05, 4.69) is 14.7 Å². The van der Waals surface area contributed by atoms with Gasteiger partial charge in [0.2, 0.25) is 5.95 Å². The minimum absolute atomic E-state index is 0.226. The van der Waals surface area contributed by atoms with Gasteiger partial charge in [0, 0.05) is 13.1 Å². The molecule has 1 N–H and O–H groups in total. The lowest BCUT2D eigenvalue weighted by Gasteiger charge is -2.27. The van der Waals surface area contributed by atoms with E-state index in [0.717, 1.165) is 18.7 Å². The third kappa shape index (κ3) is 3.91. The molecule has 2 aromatic rings. The van der Waals surface area contributed by atoms with E-state index in [4.69, 9.17) is 4.74 Å². The maximum Gasteiger partial charge on any atom is 0.262 e. The van der Waals surface area contributed by atoms with E-state index in [1.807, 2.05) is 17.9 Å². The summed E-state index contributed by atoms with van der Waals surface area (Å²) < 4.78 is 33.3. The topological polar surface area (TPSA) is 84.4 Å². The third-order valence-electron chi connectivity index (χ3n) is 4.09. The number of benzene rings is 1. The van der Waals surface area contributed by atoms with Crippen molar-refractivity contribution in [2.75, 3.05) is 35.9 Å². The molecule has 7 nitrogen and oxygen atoms in total. The second-order valence-electron chi connectivity index (χ2n) is 6.09. The first-order valence-electron chi connectivity index (χ1n) is 8.14. The van der Waals surface area contributed by atoms with Gasteiger partial charge in [-0.1, -0.05) is 12.1 Å². The maximum atomic E-state index is 12.7. The van der Waals surface area contributed by atoms with Gasteiger partial charge in [-0.25, -0.2) is 18.4 Å². The molecule has 3 rings (SSSR count). The highest BCUT2D eigenvalue weighted by atomic mass is 32.2. The van der Waals surface area contributed by atoms with Crippen LogP contribution in [0.15, 0.2) is 29.2 Å². The van der Waals surface area contributed by atoms with Gasteiger partial charge in [-0.3, -0.25) is 4.72 Å². The van der Waals surface area contributed by atoms with Gasteiger partial charge in [0.25, 0.3) is 10.0 Å². The van der Waals surface area contributed by atoms with Gasteiger partial charge in [0.15, 0.2) is 0 Å². The molecule has 0 amide bonds. The molecule has 1 aliphatic heterocycles. The van der Waals surface area contributed by atoms with Gasteiger partial charge in [0.1, 0.15) is 0 Å². The number of nitrogens with zero attached hydrogens (tertiary/aromatic N) is 3. The molecule has 1 aromatic heterocycles. The molecule has 1 aliphatic rings. The summed E-state index contributed by atoms with van der Waals surface area (Å²) in [4.78, 5) is 11.2. The van der Waals surface area contributed by atoms with Crippen molar-refractivity contribution >= 4 is 21.7 Å². The van der Waals surface area contributed by atoms with Crippen LogP contribution < -0.4 is 9.62 Å². The van der Waals surface area contributed by atoms with Crippen molar-refractivity contribution in [1.29, 1.82) is 0 Å². The van der Waals surface area contributed by atoms with E-state index >= 15 is 0 Å². The average molecular weight is 362 g/mol. The van der Waals surface area contributed by atoms with Crippen LogP contribution in [-0.4, -0.2) is 44.7 Å². The van der Waals surface area contributed by atoms with E-state index in [1.54, 1.807) is 32.0 Å². The van der Waals surface area contributed by atoms with Gasteiger partial charge in [-0.05, 0) is 38.5 Å². The standard InChI is InChI=1S/C17H22N4O3S/c1-12-5-4-6-15(11-12)25(22,23)20-16-13(2)18-17(19-14(16)3)21-7-9-24-10-8-21/h4-6,11,20H,7-10H2,1-3H3. The molecule has 25 heavy (non-hydrogen) atoms. The molecule has 0 aliphatic carbocycles. The van der Waals surface area contributed by atoms with E-state index in [-0.39, 0.29) is 4.90 Å². The number of hydrogen-bond acceptors (Lipinski definition) is 6. The van der Waals surface area contributed by atoms with Gasteiger partial charge in [0.05, 0.1) is 35.2 Å². The fourth-order valence-electron chi connectivity index (χ4n) is 2.73. The molecule has 0 radical (unpaired) electrons. The number of anilines is 2. The molecule has 0 unspecified atom stereocenters. The number of sulfonamides is 1. The Morgan fingerprint density at radius 3 is 2.32 bits per heavy atom. The van der Waals surface area contributed by atoms with E-state index < -0.39 is 10.0 Å². The smallest absolute Gasteiger partial charge is 0.262 e. The molecule has 0 bridgehead atoms. The number of hydrogen-bond donors (Lipinski definition) is 1. The Bertz CT molecular complexity index is 854. The van der Waals surface area contributed by atoms with Crippen LogP contribution in [0.5, 0.6) is 0 Å². The second kappa shape index (κ2) is 6.97. The molecule has 1 fully saturated rings. The highest BCUT2D eigenvalue weighted by molar-refractivity contribution is 7.92. The van der Waals surface area contributed by atoms with Crippen molar-refractivity contribution in [3.63, 3.8) is 0 Å². The van der Waals surface area contributed by atoms with Gasteiger partial charge in [-0.2, -0.15) is 0 Å². The summed E-state index contributed by atoms with van der Waals surface area (Å²) in [6, 6.07) is 6.79. The van der Waals surface area contributed by atoms with Crippen LogP contribution >= 0.6 is 0 Å². The van der Waals surface area contributed by atoms with Crippen molar-refractivity contribution in [2.45, 2.75) is 25.7 Å². The number of aromatic nitrogens is 2. The lowest BCUT2D eigenvalue weighted by Crippen LogP contribution is -2.37. The maximum absolute atomic E-state index is 12.7. The van der Waals surface area contributed by atoms with Crippen molar-refractivity contribution < 1.29 is 13.2 Å². The fourth-order valence-corrected chi connectivity index (χ4v) is 4.01. The Balaban J connectivity index is 1.90. The summed E-state index contributed by atoms with van der Waals surface area (Å²) in [5.74, 6) is 0.608. The monoisotopic (exact) mass is 362 g/mol. The highest BCUT2D eigenvalue weighted by Gasteiger charge is 2.21. The van der Waals surface area contributed by atoms with E-state index in [0.29, 0.717) is 36.2 Å². The molecule has 1 aromatic carbocycles. The van der Waals surface area contributed by atoms with Crippen LogP contribution in [-0.2, 0) is 14.8 Å². The zero-order valence-electron chi connectivity index (χ0n) is 14.6. The summed E-state index contributed by atoms with van der Waals surface area (Å²) in [5.41, 5.74) is 2.52. The van der Waals surface area contributed by atoms with Crippen LogP contribution in [0.4, 0.5) is 11.6 Å². The number of aryl methyl sites for hydroxylation is 3. The van der Waals surface area contributed by atoms with Crippen LogP contribution in [0.1, 0.15) is 17.0 Å². The SMILES string of the molecule is Cc1cccc(S(=O)(=O)Nc2c(C)nc(N3CCOCC3)nc2C)c1. The molecular weight excluding hydrogens is 340 g/mol. The van der Waals surface area contributed by atoms with Crippen LogP contribution in [0, 0.1) is 20.8 Å². The van der Waals surface area contributed by atoms with Crippen molar-refractivity contribution in [1.82, 2.24) is 9.97 Å². The Morgan fingerprint density at radius 1 is 1.08 bits per heavy atom. The van der Waals surface area contributed by atoms with Gasteiger partial charge < -0.3 is 9.64 Å². The lowest BCUT2D eigenvalue weighted by atomic mass is 10.2. The van der Waals surface area contributed by atoms with Gasteiger partial charge >= 0.3 is 0 Å². The molecule has 0 spiro atoms. The molecule has 8 heteroatoms. The largest absolute Gasteiger partial charge is 0.378 e. The van der Waals surface area contributed by atoms with Gasteiger partial charge in [-0.15, -0.1) is 0 Å². The third-order valence-corrected chi connectivity index (χ3v) is 5.44. The number of ether oxygens (including phenoxy) is 1. The van der Waals surface area contributed by atoms with Crippen molar-refractivity contribution in [2.24, 2.45) is 0 Å². The predicted octanol–water partition coefficient (Wildman–Crippen LogP) is 2.04. The fraction of sp³-hybridized carbons (Fsp3) is 0.412. The first-order chi connectivity index (χ1) is 11.9. The molecular formula is C17H22N4O3S.